The first-order chi connectivity index (χ1) is 9.49. The van der Waals surface area contributed by atoms with Crippen molar-refractivity contribution in [3.63, 3.8) is 0 Å². The van der Waals surface area contributed by atoms with Crippen LogP contribution in [0.4, 0.5) is 11.4 Å². The van der Waals surface area contributed by atoms with Gasteiger partial charge in [-0.3, -0.25) is 0 Å². The van der Waals surface area contributed by atoms with Gasteiger partial charge in [0.1, 0.15) is 0 Å². The number of anilines is 2. The maximum Gasteiger partial charge on any atom is 0.340 e. The molecule has 0 amide bonds. The Morgan fingerprint density at radius 1 is 1.50 bits per heavy atom. The second-order valence-electron chi connectivity index (χ2n) is 4.48. The quantitative estimate of drug-likeness (QED) is 0.570. The number of hydrogen-bond acceptors (Lipinski definition) is 6. The Balaban J connectivity index is 2.85. The Labute approximate surface area is 119 Å². The minimum Gasteiger partial charge on any atom is -0.462 e. The molecule has 20 heavy (non-hydrogen) atoms. The fourth-order valence-corrected chi connectivity index (χ4v) is 1.83. The molecule has 1 unspecified atom stereocenters. The molecule has 0 radical (unpaired) electrons. The van der Waals surface area contributed by atoms with E-state index in [4.69, 9.17) is 15.2 Å². The van der Waals surface area contributed by atoms with Gasteiger partial charge in [-0.25, -0.2) is 4.79 Å². The zero-order valence-electron chi connectivity index (χ0n) is 12.1. The van der Waals surface area contributed by atoms with Crippen LogP contribution in [0.1, 0.15) is 17.3 Å². The van der Waals surface area contributed by atoms with Crippen LogP contribution in [0.3, 0.4) is 0 Å². The molecule has 0 aromatic heterocycles. The number of ether oxygens (including phenoxy) is 2. The minimum atomic E-state index is -0.603. The molecule has 6 heteroatoms. The smallest absolute Gasteiger partial charge is 0.340 e. The summed E-state index contributed by atoms with van der Waals surface area (Å²) >= 11 is 0. The van der Waals surface area contributed by atoms with Gasteiger partial charge in [0.25, 0.3) is 0 Å². The lowest BCUT2D eigenvalue weighted by Gasteiger charge is -2.23. The monoisotopic (exact) mass is 282 g/mol. The van der Waals surface area contributed by atoms with Gasteiger partial charge in [-0.15, -0.1) is 0 Å². The maximum atomic E-state index is 11.8. The highest BCUT2D eigenvalue weighted by atomic mass is 16.5. The Kier molecular flexibility index (Phi) is 6.27. The number of likely N-dealkylation sites (N-methyl/N-ethyl adjacent to an activating group) is 1. The van der Waals surface area contributed by atoms with E-state index in [0.717, 1.165) is 5.69 Å². The van der Waals surface area contributed by atoms with E-state index in [1.807, 2.05) is 11.9 Å². The molecule has 1 aromatic carbocycles. The van der Waals surface area contributed by atoms with Gasteiger partial charge in [-0.05, 0) is 25.1 Å². The third-order valence-electron chi connectivity index (χ3n) is 2.82. The standard InChI is InChI=1S/C14H22N2O4/c1-4-20-14(18)12-7-10(5-6-13(12)15)16(2)8-11(17)9-19-3/h5-7,11,17H,4,8-9,15H2,1-3H3. The highest BCUT2D eigenvalue weighted by Crippen LogP contribution is 2.21. The van der Waals surface area contributed by atoms with Crippen molar-refractivity contribution in [3.8, 4) is 0 Å². The van der Waals surface area contributed by atoms with Crippen LogP contribution >= 0.6 is 0 Å². The van der Waals surface area contributed by atoms with Crippen LogP contribution in [-0.2, 0) is 9.47 Å². The third kappa shape index (κ3) is 4.40. The topological polar surface area (TPSA) is 85.0 Å². The number of esters is 1. The summed E-state index contributed by atoms with van der Waals surface area (Å²) in [5.41, 5.74) is 7.26. The molecule has 0 saturated heterocycles. The average molecular weight is 282 g/mol. The molecule has 6 nitrogen and oxygen atoms in total. The molecule has 0 saturated carbocycles. The number of rotatable bonds is 7. The van der Waals surface area contributed by atoms with E-state index in [1.165, 1.54) is 7.11 Å². The molecule has 3 N–H and O–H groups in total. The third-order valence-corrected chi connectivity index (χ3v) is 2.82. The molecule has 0 aliphatic heterocycles. The fourth-order valence-electron chi connectivity index (χ4n) is 1.83. The van der Waals surface area contributed by atoms with Crippen LogP contribution in [-0.4, -0.2) is 51.1 Å². The zero-order chi connectivity index (χ0) is 15.1. The van der Waals surface area contributed by atoms with Gasteiger partial charge in [0, 0.05) is 32.1 Å². The van der Waals surface area contributed by atoms with Gasteiger partial charge in [0.15, 0.2) is 0 Å². The minimum absolute atomic E-state index is 0.254. The lowest BCUT2D eigenvalue weighted by atomic mass is 10.1. The van der Waals surface area contributed by atoms with Gasteiger partial charge < -0.3 is 25.2 Å². The van der Waals surface area contributed by atoms with E-state index in [1.54, 1.807) is 25.1 Å². The van der Waals surface area contributed by atoms with E-state index in [-0.39, 0.29) is 6.61 Å². The zero-order valence-corrected chi connectivity index (χ0v) is 12.1. The van der Waals surface area contributed by atoms with Crippen LogP contribution < -0.4 is 10.6 Å². The fraction of sp³-hybridized carbons (Fsp3) is 0.500. The molecule has 0 spiro atoms. The SMILES string of the molecule is CCOC(=O)c1cc(N(C)CC(O)COC)ccc1N. The summed E-state index contributed by atoms with van der Waals surface area (Å²) in [6.07, 6.45) is -0.603. The number of benzene rings is 1. The molecular formula is C14H22N2O4. The van der Waals surface area contributed by atoms with Gasteiger partial charge >= 0.3 is 5.97 Å². The number of hydrogen-bond donors (Lipinski definition) is 2. The molecule has 0 heterocycles. The molecule has 1 aromatic rings. The first-order valence-electron chi connectivity index (χ1n) is 6.44. The van der Waals surface area contributed by atoms with Crippen LogP contribution in [0.2, 0.25) is 0 Å². The van der Waals surface area contributed by atoms with Gasteiger partial charge in [-0.1, -0.05) is 0 Å². The van der Waals surface area contributed by atoms with Crippen LogP contribution in [0, 0.1) is 0 Å². The summed E-state index contributed by atoms with van der Waals surface area (Å²) in [5.74, 6) is -0.447. The molecule has 0 bridgehead atoms. The summed E-state index contributed by atoms with van der Waals surface area (Å²) in [6.45, 7) is 2.68. The Bertz CT molecular complexity index is 451. The number of nitrogen functional groups attached to an aromatic ring is 1. The van der Waals surface area contributed by atoms with Gasteiger partial charge in [-0.2, -0.15) is 0 Å². The summed E-state index contributed by atoms with van der Waals surface area (Å²) < 4.78 is 9.84. The highest BCUT2D eigenvalue weighted by Gasteiger charge is 2.14. The second kappa shape index (κ2) is 7.72. The predicted molar refractivity (Wildman–Crippen MR) is 78.0 cm³/mol. The predicted octanol–water partition coefficient (Wildman–Crippen LogP) is 0.889. The van der Waals surface area contributed by atoms with Crippen molar-refractivity contribution in [2.24, 2.45) is 0 Å². The Hall–Kier alpha value is -1.79. The van der Waals surface area contributed by atoms with Crippen molar-refractivity contribution in [2.45, 2.75) is 13.0 Å². The largest absolute Gasteiger partial charge is 0.462 e. The number of carbonyl (C=O) groups excluding carboxylic acids is 1. The summed E-state index contributed by atoms with van der Waals surface area (Å²) in [5, 5.41) is 9.72. The van der Waals surface area contributed by atoms with E-state index >= 15 is 0 Å². The van der Waals surface area contributed by atoms with Crippen molar-refractivity contribution in [3.05, 3.63) is 23.8 Å². The van der Waals surface area contributed by atoms with Crippen LogP contribution in [0.25, 0.3) is 0 Å². The number of nitrogens with zero attached hydrogens (tertiary/aromatic N) is 1. The van der Waals surface area contributed by atoms with Crippen molar-refractivity contribution >= 4 is 17.3 Å². The second-order valence-corrected chi connectivity index (χ2v) is 4.48. The van der Waals surface area contributed by atoms with E-state index in [0.29, 0.717) is 24.4 Å². The van der Waals surface area contributed by atoms with Crippen molar-refractivity contribution < 1.29 is 19.4 Å². The van der Waals surface area contributed by atoms with E-state index in [9.17, 15) is 9.90 Å². The number of carbonyl (C=O) groups is 1. The molecular weight excluding hydrogens is 260 g/mol. The first-order valence-corrected chi connectivity index (χ1v) is 6.44. The lowest BCUT2D eigenvalue weighted by molar-refractivity contribution is 0.0527. The van der Waals surface area contributed by atoms with Crippen LogP contribution in [0.15, 0.2) is 18.2 Å². The van der Waals surface area contributed by atoms with E-state index < -0.39 is 12.1 Å². The van der Waals surface area contributed by atoms with E-state index in [2.05, 4.69) is 0 Å². The number of aliphatic hydroxyl groups is 1. The Morgan fingerprint density at radius 3 is 2.80 bits per heavy atom. The normalized spacial score (nSPS) is 12.0. The highest BCUT2D eigenvalue weighted by molar-refractivity contribution is 5.96. The van der Waals surface area contributed by atoms with Gasteiger partial charge in [0.2, 0.25) is 0 Å². The Morgan fingerprint density at radius 2 is 2.20 bits per heavy atom. The first kappa shape index (κ1) is 16.3. The molecule has 0 aliphatic rings. The lowest BCUT2D eigenvalue weighted by Crippen LogP contribution is -2.32. The van der Waals surface area contributed by atoms with Crippen molar-refractivity contribution in [2.75, 3.05) is 44.5 Å². The van der Waals surface area contributed by atoms with Crippen LogP contribution in [0.5, 0.6) is 0 Å². The summed E-state index contributed by atoms with van der Waals surface area (Å²) in [7, 11) is 3.35. The molecule has 112 valence electrons. The molecule has 1 atom stereocenters. The number of aliphatic hydroxyl groups excluding tert-OH is 1. The summed E-state index contributed by atoms with van der Waals surface area (Å²) in [4.78, 5) is 13.6. The summed E-state index contributed by atoms with van der Waals surface area (Å²) in [6, 6.07) is 5.10. The molecule has 0 aliphatic carbocycles. The molecule has 1 rings (SSSR count). The van der Waals surface area contributed by atoms with Gasteiger partial charge in [0.05, 0.1) is 24.9 Å². The van der Waals surface area contributed by atoms with Crippen molar-refractivity contribution in [1.29, 1.82) is 0 Å². The number of nitrogens with two attached hydrogens (primary N) is 1. The maximum absolute atomic E-state index is 11.8. The molecule has 0 fully saturated rings. The average Bonchev–Trinajstić information content (AvgIpc) is 2.39. The number of methoxy groups -OCH3 is 1. The van der Waals surface area contributed by atoms with Crippen molar-refractivity contribution in [1.82, 2.24) is 0 Å².